The van der Waals surface area contributed by atoms with Crippen molar-refractivity contribution in [2.45, 2.75) is 17.9 Å². The third kappa shape index (κ3) is 2.92. The summed E-state index contributed by atoms with van der Waals surface area (Å²) in [7, 11) is -3.62. The summed E-state index contributed by atoms with van der Waals surface area (Å²) in [6, 6.07) is 10.4. The molecule has 0 bridgehead atoms. The van der Waals surface area contributed by atoms with Crippen molar-refractivity contribution < 1.29 is 22.6 Å². The lowest BCUT2D eigenvalue weighted by Crippen LogP contribution is -2.24. The molecule has 0 spiro atoms. The lowest BCUT2D eigenvalue weighted by Gasteiger charge is -2.19. The number of ether oxygens (including phenoxy) is 3. The minimum Gasteiger partial charge on any atom is -0.493 e. The highest BCUT2D eigenvalue weighted by Crippen LogP contribution is 2.32. The number of rotatable bonds is 4. The van der Waals surface area contributed by atoms with Crippen LogP contribution in [-0.4, -0.2) is 28.2 Å². The van der Waals surface area contributed by atoms with Crippen LogP contribution in [0.5, 0.6) is 17.2 Å². The van der Waals surface area contributed by atoms with Gasteiger partial charge < -0.3 is 14.2 Å². The summed E-state index contributed by atoms with van der Waals surface area (Å²) >= 11 is 0. The summed E-state index contributed by atoms with van der Waals surface area (Å²) < 4.78 is 43.9. The van der Waals surface area contributed by atoms with Crippen LogP contribution in [0.4, 0.5) is 0 Å². The molecular formula is C17H17NO5S. The van der Waals surface area contributed by atoms with E-state index in [1.165, 1.54) is 12.1 Å². The second-order valence-electron chi connectivity index (χ2n) is 5.67. The highest BCUT2D eigenvalue weighted by atomic mass is 32.2. The van der Waals surface area contributed by atoms with Gasteiger partial charge >= 0.3 is 0 Å². The third-order valence-electron chi connectivity index (χ3n) is 4.04. The van der Waals surface area contributed by atoms with Gasteiger partial charge in [0, 0.05) is 19.0 Å². The molecule has 2 aromatic rings. The lowest BCUT2D eigenvalue weighted by molar-refractivity contribution is 0.171. The fourth-order valence-electron chi connectivity index (χ4n) is 2.80. The standard InChI is InChI=1S/C17H17NO5S/c19-24(20,14-2-4-16-17(10-14)23-8-7-22-16)18-11-12-1-3-15-13(9-12)5-6-21-15/h1-4,9-10,18H,5-8,11H2. The Balaban J connectivity index is 1.51. The predicted molar refractivity (Wildman–Crippen MR) is 87.1 cm³/mol. The Bertz CT molecular complexity index is 879. The fourth-order valence-corrected chi connectivity index (χ4v) is 3.84. The zero-order chi connectivity index (χ0) is 16.6. The molecule has 0 fully saturated rings. The molecule has 126 valence electrons. The van der Waals surface area contributed by atoms with Gasteiger partial charge in [-0.1, -0.05) is 12.1 Å². The summed E-state index contributed by atoms with van der Waals surface area (Å²) in [5.41, 5.74) is 2.02. The highest BCUT2D eigenvalue weighted by Gasteiger charge is 2.19. The molecule has 0 saturated heterocycles. The number of fused-ring (bicyclic) bond motifs is 2. The minimum atomic E-state index is -3.62. The van der Waals surface area contributed by atoms with Crippen molar-refractivity contribution in [3.8, 4) is 17.2 Å². The van der Waals surface area contributed by atoms with E-state index in [-0.39, 0.29) is 11.4 Å². The molecule has 0 aliphatic carbocycles. The maximum atomic E-state index is 12.5. The Hall–Kier alpha value is -2.25. The third-order valence-corrected chi connectivity index (χ3v) is 5.44. The van der Waals surface area contributed by atoms with E-state index < -0.39 is 10.0 Å². The number of benzene rings is 2. The van der Waals surface area contributed by atoms with E-state index in [0.717, 1.165) is 23.3 Å². The normalized spacial score (nSPS) is 15.7. The Morgan fingerprint density at radius 1 is 0.875 bits per heavy atom. The molecule has 6 nitrogen and oxygen atoms in total. The molecule has 1 N–H and O–H groups in total. The van der Waals surface area contributed by atoms with Crippen molar-refractivity contribution in [3.05, 3.63) is 47.5 Å². The predicted octanol–water partition coefficient (Wildman–Crippen LogP) is 1.87. The minimum absolute atomic E-state index is 0.163. The zero-order valence-corrected chi connectivity index (χ0v) is 13.8. The van der Waals surface area contributed by atoms with Crippen molar-refractivity contribution in [1.82, 2.24) is 4.72 Å². The van der Waals surface area contributed by atoms with Crippen LogP contribution in [0.15, 0.2) is 41.3 Å². The van der Waals surface area contributed by atoms with E-state index in [2.05, 4.69) is 4.72 Å². The molecular weight excluding hydrogens is 330 g/mol. The molecule has 2 aromatic carbocycles. The van der Waals surface area contributed by atoms with E-state index in [9.17, 15) is 8.42 Å². The van der Waals surface area contributed by atoms with Crippen molar-refractivity contribution in [1.29, 1.82) is 0 Å². The topological polar surface area (TPSA) is 73.9 Å². The van der Waals surface area contributed by atoms with Crippen molar-refractivity contribution in [3.63, 3.8) is 0 Å². The Labute approximate surface area is 140 Å². The molecule has 0 atom stereocenters. The van der Waals surface area contributed by atoms with Crippen LogP contribution < -0.4 is 18.9 Å². The second-order valence-corrected chi connectivity index (χ2v) is 7.44. The summed E-state index contributed by atoms with van der Waals surface area (Å²) in [6.07, 6.45) is 0.859. The fraction of sp³-hybridized carbons (Fsp3) is 0.294. The van der Waals surface area contributed by atoms with Gasteiger partial charge in [0.05, 0.1) is 11.5 Å². The van der Waals surface area contributed by atoms with Gasteiger partial charge in [0.1, 0.15) is 19.0 Å². The Morgan fingerprint density at radius 3 is 2.50 bits per heavy atom. The number of hydrogen-bond acceptors (Lipinski definition) is 5. The average Bonchev–Trinajstić information content (AvgIpc) is 3.07. The largest absolute Gasteiger partial charge is 0.493 e. The quantitative estimate of drug-likeness (QED) is 0.914. The molecule has 24 heavy (non-hydrogen) atoms. The van der Waals surface area contributed by atoms with Crippen molar-refractivity contribution in [2.75, 3.05) is 19.8 Å². The SMILES string of the molecule is O=S(=O)(NCc1ccc2c(c1)CCO2)c1ccc2c(c1)OCCO2. The summed E-state index contributed by atoms with van der Waals surface area (Å²) in [6.45, 7) is 1.80. The first-order valence-electron chi connectivity index (χ1n) is 7.76. The molecule has 2 heterocycles. The van der Waals surface area contributed by atoms with Gasteiger partial charge in [-0.2, -0.15) is 0 Å². The number of hydrogen-bond donors (Lipinski definition) is 1. The van der Waals surface area contributed by atoms with Crippen LogP contribution in [0.3, 0.4) is 0 Å². The Kier molecular flexibility index (Phi) is 3.82. The molecule has 0 aromatic heterocycles. The maximum absolute atomic E-state index is 12.5. The van der Waals surface area contributed by atoms with Crippen LogP contribution >= 0.6 is 0 Å². The van der Waals surface area contributed by atoms with E-state index in [1.54, 1.807) is 6.07 Å². The van der Waals surface area contributed by atoms with E-state index in [0.29, 0.717) is 31.3 Å². The van der Waals surface area contributed by atoms with Crippen LogP contribution in [-0.2, 0) is 23.0 Å². The molecule has 0 unspecified atom stereocenters. The van der Waals surface area contributed by atoms with Gasteiger partial charge in [-0.3, -0.25) is 0 Å². The van der Waals surface area contributed by atoms with Gasteiger partial charge in [-0.05, 0) is 29.3 Å². The molecule has 0 saturated carbocycles. The number of sulfonamides is 1. The smallest absolute Gasteiger partial charge is 0.241 e. The van der Waals surface area contributed by atoms with E-state index in [1.807, 2.05) is 18.2 Å². The van der Waals surface area contributed by atoms with Gasteiger partial charge in [0.25, 0.3) is 0 Å². The van der Waals surface area contributed by atoms with Crippen LogP contribution in [0, 0.1) is 0 Å². The summed E-state index contributed by atoms with van der Waals surface area (Å²) in [5.74, 6) is 1.91. The molecule has 2 aliphatic rings. The van der Waals surface area contributed by atoms with Gasteiger partial charge in [0.2, 0.25) is 10.0 Å². The van der Waals surface area contributed by atoms with Gasteiger partial charge in [0.15, 0.2) is 11.5 Å². The number of nitrogens with one attached hydrogen (secondary N) is 1. The van der Waals surface area contributed by atoms with Gasteiger partial charge in [-0.15, -0.1) is 0 Å². The molecule has 0 amide bonds. The van der Waals surface area contributed by atoms with Gasteiger partial charge in [-0.25, -0.2) is 13.1 Å². The summed E-state index contributed by atoms with van der Waals surface area (Å²) in [5, 5.41) is 0. The first kappa shape index (κ1) is 15.3. The second kappa shape index (κ2) is 5.99. The van der Waals surface area contributed by atoms with Crippen molar-refractivity contribution in [2.24, 2.45) is 0 Å². The molecule has 0 radical (unpaired) electrons. The van der Waals surface area contributed by atoms with Crippen LogP contribution in [0.1, 0.15) is 11.1 Å². The van der Waals surface area contributed by atoms with E-state index >= 15 is 0 Å². The molecule has 2 aliphatic heterocycles. The van der Waals surface area contributed by atoms with E-state index in [4.69, 9.17) is 14.2 Å². The maximum Gasteiger partial charge on any atom is 0.241 e. The summed E-state index contributed by atoms with van der Waals surface area (Å²) in [4.78, 5) is 0.163. The molecule has 4 rings (SSSR count). The van der Waals surface area contributed by atoms with Crippen LogP contribution in [0.25, 0.3) is 0 Å². The lowest BCUT2D eigenvalue weighted by atomic mass is 10.1. The average molecular weight is 347 g/mol. The first-order valence-corrected chi connectivity index (χ1v) is 9.24. The van der Waals surface area contributed by atoms with Crippen LogP contribution in [0.2, 0.25) is 0 Å². The first-order chi connectivity index (χ1) is 11.6. The molecule has 7 heteroatoms. The monoisotopic (exact) mass is 347 g/mol. The zero-order valence-electron chi connectivity index (χ0n) is 12.9. The highest BCUT2D eigenvalue weighted by molar-refractivity contribution is 7.89. The Morgan fingerprint density at radius 2 is 1.62 bits per heavy atom. The van der Waals surface area contributed by atoms with Crippen molar-refractivity contribution >= 4 is 10.0 Å².